The average Bonchev–Trinajstić information content (AvgIpc) is 2.79. The van der Waals surface area contributed by atoms with Gasteiger partial charge in [-0.05, 0) is 6.07 Å². The number of anilines is 1. The zero-order valence-corrected chi connectivity index (χ0v) is 9.61. The highest BCUT2D eigenvalue weighted by Crippen LogP contribution is 2.25. The molecule has 0 saturated heterocycles. The molecule has 0 unspecified atom stereocenters. The van der Waals surface area contributed by atoms with Gasteiger partial charge in [0.25, 0.3) is 5.89 Å². The van der Waals surface area contributed by atoms with Crippen molar-refractivity contribution < 1.29 is 18.0 Å². The first-order valence-electron chi connectivity index (χ1n) is 5.18. The zero-order chi connectivity index (χ0) is 13.1. The first-order valence-corrected chi connectivity index (χ1v) is 5.18. The Balaban J connectivity index is 2.31. The third-order valence-corrected chi connectivity index (χ3v) is 2.31. The highest BCUT2D eigenvalue weighted by Gasteiger charge is 2.15. The number of aromatic nitrogens is 2. The lowest BCUT2D eigenvalue weighted by Gasteiger charge is -2.00. The molecule has 96 valence electrons. The van der Waals surface area contributed by atoms with Gasteiger partial charge < -0.3 is 15.0 Å². The minimum absolute atomic E-state index is 0.0231. The van der Waals surface area contributed by atoms with Gasteiger partial charge in [-0.3, -0.25) is 0 Å². The Labute approximate surface area is 102 Å². The fourth-order valence-electron chi connectivity index (χ4n) is 1.39. The van der Waals surface area contributed by atoms with Crippen LogP contribution in [0.5, 0.6) is 0 Å². The third-order valence-electron chi connectivity index (χ3n) is 2.31. The Morgan fingerprint density at radius 1 is 1.33 bits per heavy atom. The molecule has 1 aromatic heterocycles. The van der Waals surface area contributed by atoms with Crippen LogP contribution in [0, 0.1) is 11.6 Å². The summed E-state index contributed by atoms with van der Waals surface area (Å²) in [5.74, 6) is -1.28. The van der Waals surface area contributed by atoms with Gasteiger partial charge in [-0.2, -0.15) is 4.98 Å². The van der Waals surface area contributed by atoms with Crippen molar-refractivity contribution >= 4 is 5.69 Å². The van der Waals surface area contributed by atoms with Crippen molar-refractivity contribution in [1.29, 1.82) is 0 Å². The van der Waals surface area contributed by atoms with E-state index in [1.807, 2.05) is 0 Å². The number of nitrogen functional groups attached to an aromatic ring is 1. The summed E-state index contributed by atoms with van der Waals surface area (Å²) < 4.78 is 36.3. The van der Waals surface area contributed by atoms with Crippen LogP contribution < -0.4 is 5.73 Å². The normalized spacial score (nSPS) is 10.8. The van der Waals surface area contributed by atoms with Crippen LogP contribution in [-0.4, -0.2) is 23.9 Å². The van der Waals surface area contributed by atoms with Crippen LogP contribution in [0.4, 0.5) is 14.5 Å². The Kier molecular flexibility index (Phi) is 3.52. The molecular weight excluding hydrogens is 244 g/mol. The number of ether oxygens (including phenoxy) is 1. The van der Waals surface area contributed by atoms with Crippen LogP contribution in [0.2, 0.25) is 0 Å². The fraction of sp³-hybridized carbons (Fsp3) is 0.273. The molecule has 0 atom stereocenters. The van der Waals surface area contributed by atoms with E-state index in [1.54, 1.807) is 7.11 Å². The Morgan fingerprint density at radius 3 is 2.83 bits per heavy atom. The average molecular weight is 255 g/mol. The monoisotopic (exact) mass is 255 g/mol. The summed E-state index contributed by atoms with van der Waals surface area (Å²) in [6.45, 7) is 0.424. The van der Waals surface area contributed by atoms with E-state index in [0.29, 0.717) is 24.9 Å². The molecule has 0 radical (unpaired) electrons. The second-order valence-electron chi connectivity index (χ2n) is 3.61. The first kappa shape index (κ1) is 12.4. The van der Waals surface area contributed by atoms with Crippen LogP contribution in [0.25, 0.3) is 11.5 Å². The molecule has 7 heteroatoms. The summed E-state index contributed by atoms with van der Waals surface area (Å²) in [5.41, 5.74) is 5.16. The van der Waals surface area contributed by atoms with Gasteiger partial charge in [0.05, 0.1) is 17.9 Å². The van der Waals surface area contributed by atoms with Crippen molar-refractivity contribution in [3.05, 3.63) is 29.6 Å². The minimum Gasteiger partial charge on any atom is -0.396 e. The van der Waals surface area contributed by atoms with E-state index in [-0.39, 0.29) is 17.1 Å². The molecule has 0 fully saturated rings. The quantitative estimate of drug-likeness (QED) is 0.843. The molecule has 5 nitrogen and oxygen atoms in total. The molecule has 0 saturated carbocycles. The van der Waals surface area contributed by atoms with E-state index in [4.69, 9.17) is 15.0 Å². The van der Waals surface area contributed by atoms with Crippen LogP contribution >= 0.6 is 0 Å². The van der Waals surface area contributed by atoms with Crippen LogP contribution in [-0.2, 0) is 11.2 Å². The molecule has 1 heterocycles. The van der Waals surface area contributed by atoms with Crippen molar-refractivity contribution in [3.63, 3.8) is 0 Å². The van der Waals surface area contributed by atoms with Gasteiger partial charge in [0.15, 0.2) is 5.82 Å². The number of benzene rings is 1. The lowest BCUT2D eigenvalue weighted by atomic mass is 10.2. The van der Waals surface area contributed by atoms with Gasteiger partial charge in [0, 0.05) is 19.6 Å². The molecule has 0 spiro atoms. The number of nitrogens with zero attached hydrogens (tertiary/aromatic N) is 2. The predicted molar refractivity (Wildman–Crippen MR) is 59.6 cm³/mol. The van der Waals surface area contributed by atoms with Gasteiger partial charge in [0.2, 0.25) is 0 Å². The molecule has 2 aromatic rings. The van der Waals surface area contributed by atoms with Crippen molar-refractivity contribution in [1.82, 2.24) is 10.1 Å². The number of hydrogen-bond donors (Lipinski definition) is 1. The second kappa shape index (κ2) is 5.09. The highest BCUT2D eigenvalue weighted by atomic mass is 19.1. The molecule has 0 amide bonds. The van der Waals surface area contributed by atoms with Crippen molar-refractivity contribution in [2.45, 2.75) is 6.42 Å². The van der Waals surface area contributed by atoms with Crippen molar-refractivity contribution in [2.24, 2.45) is 0 Å². The fourth-order valence-corrected chi connectivity index (χ4v) is 1.39. The number of methoxy groups -OCH3 is 1. The molecule has 0 bridgehead atoms. The molecular formula is C11H11F2N3O2. The largest absolute Gasteiger partial charge is 0.396 e. The SMILES string of the molecule is COCCc1noc(-c2cc(N)c(F)cc2F)n1. The minimum atomic E-state index is -0.824. The third kappa shape index (κ3) is 2.45. The van der Waals surface area contributed by atoms with Gasteiger partial charge in [-0.25, -0.2) is 8.78 Å². The topological polar surface area (TPSA) is 74.2 Å². The molecule has 2 rings (SSSR count). The molecule has 2 N–H and O–H groups in total. The van der Waals surface area contributed by atoms with Gasteiger partial charge in [-0.1, -0.05) is 5.16 Å². The van der Waals surface area contributed by atoms with E-state index >= 15 is 0 Å². The zero-order valence-electron chi connectivity index (χ0n) is 9.61. The Hall–Kier alpha value is -2.02. The number of hydrogen-bond acceptors (Lipinski definition) is 5. The maximum atomic E-state index is 13.5. The van der Waals surface area contributed by atoms with E-state index in [0.717, 1.165) is 6.07 Å². The van der Waals surface area contributed by atoms with Gasteiger partial charge in [0.1, 0.15) is 11.6 Å². The van der Waals surface area contributed by atoms with Crippen LogP contribution in [0.1, 0.15) is 5.82 Å². The Bertz CT molecular complexity index is 557. The molecule has 0 aliphatic carbocycles. The van der Waals surface area contributed by atoms with Crippen molar-refractivity contribution in [2.75, 3.05) is 19.5 Å². The first-order chi connectivity index (χ1) is 8.61. The second-order valence-corrected chi connectivity index (χ2v) is 3.61. The number of rotatable bonds is 4. The molecule has 1 aromatic carbocycles. The van der Waals surface area contributed by atoms with E-state index in [1.165, 1.54) is 0 Å². The van der Waals surface area contributed by atoms with E-state index < -0.39 is 11.6 Å². The molecule has 0 aliphatic heterocycles. The summed E-state index contributed by atoms with van der Waals surface area (Å²) in [6, 6.07) is 1.81. The maximum absolute atomic E-state index is 13.5. The summed E-state index contributed by atoms with van der Waals surface area (Å²) >= 11 is 0. The number of nitrogens with two attached hydrogens (primary N) is 1. The van der Waals surface area contributed by atoms with Gasteiger partial charge >= 0.3 is 0 Å². The smallest absolute Gasteiger partial charge is 0.260 e. The summed E-state index contributed by atoms with van der Waals surface area (Å²) in [4.78, 5) is 3.97. The van der Waals surface area contributed by atoms with E-state index in [2.05, 4.69) is 10.1 Å². The van der Waals surface area contributed by atoms with Crippen LogP contribution in [0.3, 0.4) is 0 Å². The lowest BCUT2D eigenvalue weighted by Crippen LogP contribution is -1.97. The molecule has 0 aliphatic rings. The molecule has 18 heavy (non-hydrogen) atoms. The predicted octanol–water partition coefficient (Wildman–Crippen LogP) is 1.79. The van der Waals surface area contributed by atoms with Crippen LogP contribution in [0.15, 0.2) is 16.7 Å². The maximum Gasteiger partial charge on any atom is 0.260 e. The summed E-state index contributed by atoms with van der Waals surface area (Å²) in [5, 5.41) is 3.66. The van der Waals surface area contributed by atoms with E-state index in [9.17, 15) is 8.78 Å². The highest BCUT2D eigenvalue weighted by molar-refractivity contribution is 5.61. The lowest BCUT2D eigenvalue weighted by molar-refractivity contribution is 0.199. The Morgan fingerprint density at radius 2 is 2.11 bits per heavy atom. The van der Waals surface area contributed by atoms with Gasteiger partial charge in [-0.15, -0.1) is 0 Å². The number of halogens is 2. The summed E-state index contributed by atoms with van der Waals surface area (Å²) in [7, 11) is 1.54. The van der Waals surface area contributed by atoms with Crippen molar-refractivity contribution in [3.8, 4) is 11.5 Å². The standard InChI is InChI=1S/C11H11F2N3O2/c1-17-3-2-10-15-11(18-16-10)6-4-9(14)8(13)5-7(6)12/h4-5H,2-3,14H2,1H3. The summed E-state index contributed by atoms with van der Waals surface area (Å²) in [6.07, 6.45) is 0.443.